The Morgan fingerprint density at radius 1 is 0.864 bits per heavy atom. The molecule has 0 amide bonds. The van der Waals surface area contributed by atoms with Gasteiger partial charge in [-0.15, -0.1) is 0 Å². The number of carbonyl (C=O) groups excluding carboxylic acids is 1. The van der Waals surface area contributed by atoms with Crippen LogP contribution < -0.4 is 0 Å². The highest BCUT2D eigenvalue weighted by atomic mass is 16.1. The Bertz CT molecular complexity index is 923. The van der Waals surface area contributed by atoms with Crippen LogP contribution in [-0.4, -0.2) is 11.5 Å². The van der Waals surface area contributed by atoms with E-state index < -0.39 is 0 Å². The number of aryl methyl sites for hydroxylation is 1. The van der Waals surface area contributed by atoms with Gasteiger partial charge in [0.25, 0.3) is 0 Å². The fourth-order valence-corrected chi connectivity index (χ4v) is 3.06. The second kappa shape index (κ2) is 4.92. The van der Waals surface area contributed by atoms with Crippen molar-refractivity contribution < 1.29 is 4.79 Å². The molecular formula is C20H15NO. The van der Waals surface area contributed by atoms with Gasteiger partial charge in [-0.3, -0.25) is 9.79 Å². The molecule has 106 valence electrons. The monoisotopic (exact) mass is 285 g/mol. The molecule has 3 aromatic rings. The third-order valence-electron chi connectivity index (χ3n) is 4.23. The van der Waals surface area contributed by atoms with Gasteiger partial charge in [0.2, 0.25) is 0 Å². The molecule has 0 N–H and O–H groups in total. The minimum atomic E-state index is 0.146. The number of ketones is 1. The van der Waals surface area contributed by atoms with Crippen molar-refractivity contribution >= 4 is 28.0 Å². The number of carbonyl (C=O) groups is 1. The van der Waals surface area contributed by atoms with Crippen LogP contribution >= 0.6 is 0 Å². The van der Waals surface area contributed by atoms with E-state index in [9.17, 15) is 4.79 Å². The maximum absolute atomic E-state index is 12.5. The van der Waals surface area contributed by atoms with Crippen LogP contribution in [0.3, 0.4) is 0 Å². The van der Waals surface area contributed by atoms with Gasteiger partial charge in [-0.25, -0.2) is 0 Å². The Morgan fingerprint density at radius 3 is 2.50 bits per heavy atom. The number of rotatable bonds is 1. The zero-order chi connectivity index (χ0) is 15.1. The first-order valence-electron chi connectivity index (χ1n) is 7.42. The highest BCUT2D eigenvalue weighted by molar-refractivity contribution is 6.23. The molecule has 22 heavy (non-hydrogen) atoms. The van der Waals surface area contributed by atoms with E-state index in [0.29, 0.717) is 6.42 Å². The largest absolute Gasteiger partial charge is 0.294 e. The van der Waals surface area contributed by atoms with Crippen LogP contribution in [0.4, 0.5) is 5.69 Å². The predicted molar refractivity (Wildman–Crippen MR) is 90.3 cm³/mol. The van der Waals surface area contributed by atoms with E-state index in [1.807, 2.05) is 54.6 Å². The van der Waals surface area contributed by atoms with Crippen LogP contribution in [-0.2, 0) is 0 Å². The standard InChI is InChI=1S/C20H15NO/c1-13-6-5-9-16-15(13)10-11-17-19(22)12-18(21-20(16)17)14-7-3-2-4-8-14/h2-11H,12H2,1H3. The first-order valence-corrected chi connectivity index (χ1v) is 7.42. The first kappa shape index (κ1) is 13.0. The minimum Gasteiger partial charge on any atom is -0.294 e. The highest BCUT2D eigenvalue weighted by Crippen LogP contribution is 2.36. The molecule has 0 unspecified atom stereocenters. The van der Waals surface area contributed by atoms with Gasteiger partial charge >= 0.3 is 0 Å². The molecule has 0 aromatic heterocycles. The number of aliphatic imine (C=N–C) groups is 1. The predicted octanol–water partition coefficient (Wildman–Crippen LogP) is 4.86. The Balaban J connectivity index is 2.01. The molecule has 1 aliphatic rings. The van der Waals surface area contributed by atoms with E-state index in [1.165, 1.54) is 5.56 Å². The van der Waals surface area contributed by atoms with Crippen LogP contribution in [0.1, 0.15) is 27.9 Å². The van der Waals surface area contributed by atoms with Crippen LogP contribution in [0.25, 0.3) is 10.8 Å². The summed E-state index contributed by atoms with van der Waals surface area (Å²) in [5.41, 5.74) is 4.63. The van der Waals surface area contributed by atoms with Crippen molar-refractivity contribution in [1.82, 2.24) is 0 Å². The van der Waals surface area contributed by atoms with Crippen LogP contribution in [0.15, 0.2) is 65.7 Å². The SMILES string of the molecule is Cc1cccc2c3c(ccc12)C(=O)CC(c1ccccc1)=N3. The Hall–Kier alpha value is -2.74. The van der Waals surface area contributed by atoms with Gasteiger partial charge in [0, 0.05) is 10.9 Å². The number of hydrogen-bond donors (Lipinski definition) is 0. The lowest BCUT2D eigenvalue weighted by Gasteiger charge is -2.17. The average molecular weight is 285 g/mol. The number of hydrogen-bond acceptors (Lipinski definition) is 2. The maximum Gasteiger partial charge on any atom is 0.171 e. The first-order chi connectivity index (χ1) is 10.7. The molecule has 0 radical (unpaired) electrons. The fraction of sp³-hybridized carbons (Fsp3) is 0.100. The van der Waals surface area contributed by atoms with Gasteiger partial charge in [-0.05, 0) is 29.5 Å². The van der Waals surface area contributed by atoms with Crippen molar-refractivity contribution in [3.63, 3.8) is 0 Å². The van der Waals surface area contributed by atoms with E-state index >= 15 is 0 Å². The molecule has 0 saturated heterocycles. The van der Waals surface area contributed by atoms with Gasteiger partial charge in [0.05, 0.1) is 17.8 Å². The van der Waals surface area contributed by atoms with E-state index in [1.54, 1.807) is 0 Å². The summed E-state index contributed by atoms with van der Waals surface area (Å²) < 4.78 is 0. The number of fused-ring (bicyclic) bond motifs is 3. The van der Waals surface area contributed by atoms with Gasteiger partial charge < -0.3 is 0 Å². The number of Topliss-reactive ketones (excluding diaryl/α,β-unsaturated/α-hetero) is 1. The summed E-state index contributed by atoms with van der Waals surface area (Å²) in [5.74, 6) is 0.146. The summed E-state index contributed by atoms with van der Waals surface area (Å²) in [5, 5.41) is 2.21. The van der Waals surface area contributed by atoms with Crippen molar-refractivity contribution in [2.75, 3.05) is 0 Å². The molecule has 0 fully saturated rings. The van der Waals surface area contributed by atoms with Crippen LogP contribution in [0, 0.1) is 6.92 Å². The Morgan fingerprint density at radius 2 is 1.68 bits per heavy atom. The quantitative estimate of drug-likeness (QED) is 0.628. The van der Waals surface area contributed by atoms with Crippen molar-refractivity contribution in [2.45, 2.75) is 13.3 Å². The van der Waals surface area contributed by atoms with Gasteiger partial charge in [0.1, 0.15) is 0 Å². The second-order valence-electron chi connectivity index (χ2n) is 5.66. The third-order valence-corrected chi connectivity index (χ3v) is 4.23. The summed E-state index contributed by atoms with van der Waals surface area (Å²) in [7, 11) is 0. The minimum absolute atomic E-state index is 0.146. The molecular weight excluding hydrogens is 270 g/mol. The van der Waals surface area contributed by atoms with Gasteiger partial charge in [0.15, 0.2) is 5.78 Å². The van der Waals surface area contributed by atoms with E-state index in [4.69, 9.17) is 4.99 Å². The van der Waals surface area contributed by atoms with Gasteiger partial charge in [-0.1, -0.05) is 54.6 Å². The van der Waals surface area contributed by atoms with Crippen LogP contribution in [0.5, 0.6) is 0 Å². The lowest BCUT2D eigenvalue weighted by molar-refractivity contribution is 0.1000. The topological polar surface area (TPSA) is 29.4 Å². The zero-order valence-electron chi connectivity index (χ0n) is 12.3. The summed E-state index contributed by atoms with van der Waals surface area (Å²) in [6.07, 6.45) is 0.369. The molecule has 0 bridgehead atoms. The molecule has 0 atom stereocenters. The normalized spacial score (nSPS) is 13.9. The van der Waals surface area contributed by atoms with Crippen molar-refractivity contribution in [1.29, 1.82) is 0 Å². The number of benzene rings is 3. The zero-order valence-corrected chi connectivity index (χ0v) is 12.3. The molecule has 0 saturated carbocycles. The summed E-state index contributed by atoms with van der Waals surface area (Å²) >= 11 is 0. The number of nitrogens with zero attached hydrogens (tertiary/aromatic N) is 1. The molecule has 1 heterocycles. The molecule has 2 nitrogen and oxygen atoms in total. The molecule has 2 heteroatoms. The van der Waals surface area contributed by atoms with Crippen molar-refractivity contribution in [2.24, 2.45) is 4.99 Å². The third kappa shape index (κ3) is 1.96. The van der Waals surface area contributed by atoms with E-state index in [0.717, 1.165) is 33.3 Å². The molecule has 0 spiro atoms. The molecule has 4 rings (SSSR count). The highest BCUT2D eigenvalue weighted by Gasteiger charge is 2.22. The maximum atomic E-state index is 12.5. The Labute approximate surface area is 129 Å². The summed E-state index contributed by atoms with van der Waals surface area (Å²) in [4.78, 5) is 17.3. The lowest BCUT2D eigenvalue weighted by atomic mass is 9.92. The smallest absolute Gasteiger partial charge is 0.171 e. The molecule has 1 aliphatic heterocycles. The summed E-state index contributed by atoms with van der Waals surface area (Å²) in [6, 6.07) is 20.0. The van der Waals surface area contributed by atoms with Crippen molar-refractivity contribution in [3.05, 3.63) is 77.4 Å². The Kier molecular flexibility index (Phi) is 2.90. The molecule has 0 aliphatic carbocycles. The van der Waals surface area contributed by atoms with Crippen molar-refractivity contribution in [3.8, 4) is 0 Å². The average Bonchev–Trinajstić information content (AvgIpc) is 2.56. The van der Waals surface area contributed by atoms with Crippen LogP contribution in [0.2, 0.25) is 0 Å². The second-order valence-corrected chi connectivity index (χ2v) is 5.66. The van der Waals surface area contributed by atoms with E-state index in [-0.39, 0.29) is 5.78 Å². The lowest BCUT2D eigenvalue weighted by Crippen LogP contribution is -2.14. The van der Waals surface area contributed by atoms with E-state index in [2.05, 4.69) is 13.0 Å². The molecule has 3 aromatic carbocycles. The van der Waals surface area contributed by atoms with Gasteiger partial charge in [-0.2, -0.15) is 0 Å². The summed E-state index contributed by atoms with van der Waals surface area (Å²) in [6.45, 7) is 2.08. The fourth-order valence-electron chi connectivity index (χ4n) is 3.06.